The highest BCUT2D eigenvalue weighted by Crippen LogP contribution is 2.35. The molecule has 0 spiro atoms. The lowest BCUT2D eigenvalue weighted by molar-refractivity contribution is -0.137. The molecule has 2 atom stereocenters. The van der Waals surface area contributed by atoms with E-state index in [4.69, 9.17) is 11.6 Å². The lowest BCUT2D eigenvalue weighted by atomic mass is 10.1. The summed E-state index contributed by atoms with van der Waals surface area (Å²) in [7, 11) is -3.98. The molecule has 1 aliphatic heterocycles. The fourth-order valence-electron chi connectivity index (χ4n) is 2.61. The molecule has 0 bridgehead atoms. The lowest BCUT2D eigenvalue weighted by Gasteiger charge is -2.21. The van der Waals surface area contributed by atoms with Crippen LogP contribution in [-0.4, -0.2) is 25.3 Å². The van der Waals surface area contributed by atoms with Gasteiger partial charge in [-0.2, -0.15) is 17.5 Å². The van der Waals surface area contributed by atoms with Crippen molar-refractivity contribution >= 4 is 21.6 Å². The number of benzene rings is 1. The molecule has 2 rings (SSSR count). The van der Waals surface area contributed by atoms with Crippen LogP contribution in [0.5, 0.6) is 0 Å². The molecular formula is C13H15ClF3NO2S. The standard InChI is InChI=1S/C13H15ClF3NO2S/c1-8-3-9(2)18(7-8)21(19,20)12-5-10(13(15,16)17)4-11(14)6-12/h4-6,8-9H,3,7H2,1-2H3. The highest BCUT2D eigenvalue weighted by atomic mass is 35.5. The summed E-state index contributed by atoms with van der Waals surface area (Å²) in [6.07, 6.45) is -3.95. The van der Waals surface area contributed by atoms with Crippen LogP contribution in [0, 0.1) is 5.92 Å². The van der Waals surface area contributed by atoms with Gasteiger partial charge in [0.25, 0.3) is 0 Å². The average Bonchev–Trinajstić information content (AvgIpc) is 2.67. The van der Waals surface area contributed by atoms with E-state index in [1.54, 1.807) is 6.92 Å². The third-order valence-corrected chi connectivity index (χ3v) is 5.71. The van der Waals surface area contributed by atoms with Crippen molar-refractivity contribution in [3.05, 3.63) is 28.8 Å². The second-order valence-electron chi connectivity index (χ2n) is 5.44. The van der Waals surface area contributed by atoms with Gasteiger partial charge in [0.05, 0.1) is 10.5 Å². The summed E-state index contributed by atoms with van der Waals surface area (Å²) in [5.74, 6) is 0.177. The molecule has 1 fully saturated rings. The van der Waals surface area contributed by atoms with Crippen LogP contribution < -0.4 is 0 Å². The van der Waals surface area contributed by atoms with Crippen LogP contribution in [0.4, 0.5) is 13.2 Å². The summed E-state index contributed by atoms with van der Waals surface area (Å²) in [6, 6.07) is 2.17. The Labute approximate surface area is 126 Å². The molecule has 1 heterocycles. The maximum atomic E-state index is 12.8. The first-order valence-electron chi connectivity index (χ1n) is 6.41. The van der Waals surface area contributed by atoms with E-state index in [0.717, 1.165) is 12.1 Å². The fourth-order valence-corrected chi connectivity index (χ4v) is 4.74. The third kappa shape index (κ3) is 3.35. The molecule has 1 saturated heterocycles. The molecule has 3 nitrogen and oxygen atoms in total. The highest BCUT2D eigenvalue weighted by Gasteiger charge is 2.38. The van der Waals surface area contributed by atoms with Gasteiger partial charge >= 0.3 is 6.18 Å². The number of halogens is 4. The van der Waals surface area contributed by atoms with Gasteiger partial charge in [-0.05, 0) is 37.5 Å². The van der Waals surface area contributed by atoms with Crippen LogP contribution in [0.3, 0.4) is 0 Å². The average molecular weight is 342 g/mol. The van der Waals surface area contributed by atoms with Crippen LogP contribution >= 0.6 is 11.6 Å². The zero-order valence-electron chi connectivity index (χ0n) is 11.5. The van der Waals surface area contributed by atoms with Crippen molar-refractivity contribution in [2.75, 3.05) is 6.54 Å². The van der Waals surface area contributed by atoms with Gasteiger partial charge in [-0.1, -0.05) is 18.5 Å². The SMILES string of the molecule is CC1CC(C)N(S(=O)(=O)c2cc(Cl)cc(C(F)(F)F)c2)C1. The van der Waals surface area contributed by atoms with E-state index in [0.29, 0.717) is 19.0 Å². The quantitative estimate of drug-likeness (QED) is 0.821. The minimum atomic E-state index is -4.64. The Bertz CT molecular complexity index is 645. The number of nitrogens with zero attached hydrogens (tertiary/aromatic N) is 1. The first kappa shape index (κ1) is 16.6. The van der Waals surface area contributed by atoms with Crippen LogP contribution in [0.2, 0.25) is 5.02 Å². The van der Waals surface area contributed by atoms with E-state index >= 15 is 0 Å². The smallest absolute Gasteiger partial charge is 0.207 e. The topological polar surface area (TPSA) is 37.4 Å². The van der Waals surface area contributed by atoms with E-state index in [-0.39, 0.29) is 17.0 Å². The Balaban J connectivity index is 2.48. The Morgan fingerprint density at radius 1 is 1.24 bits per heavy atom. The largest absolute Gasteiger partial charge is 0.416 e. The lowest BCUT2D eigenvalue weighted by Crippen LogP contribution is -2.34. The van der Waals surface area contributed by atoms with E-state index < -0.39 is 26.7 Å². The Morgan fingerprint density at radius 3 is 2.33 bits per heavy atom. The normalized spacial score (nSPS) is 24.5. The predicted octanol–water partition coefficient (Wildman–Crippen LogP) is 3.78. The number of alkyl halides is 3. The van der Waals surface area contributed by atoms with E-state index in [1.807, 2.05) is 6.92 Å². The zero-order chi connectivity index (χ0) is 16.0. The van der Waals surface area contributed by atoms with Crippen LogP contribution in [0.25, 0.3) is 0 Å². The van der Waals surface area contributed by atoms with Crippen molar-refractivity contribution in [2.24, 2.45) is 5.92 Å². The number of sulfonamides is 1. The maximum absolute atomic E-state index is 12.8. The zero-order valence-corrected chi connectivity index (χ0v) is 13.1. The molecule has 1 aromatic carbocycles. The van der Waals surface area contributed by atoms with Crippen LogP contribution in [-0.2, 0) is 16.2 Å². The molecule has 0 radical (unpaired) electrons. The fraction of sp³-hybridized carbons (Fsp3) is 0.538. The van der Waals surface area contributed by atoms with Gasteiger partial charge in [0, 0.05) is 17.6 Å². The molecular weight excluding hydrogens is 327 g/mol. The minimum Gasteiger partial charge on any atom is -0.207 e. The molecule has 21 heavy (non-hydrogen) atoms. The molecule has 0 aliphatic carbocycles. The van der Waals surface area contributed by atoms with Gasteiger partial charge in [-0.25, -0.2) is 8.42 Å². The van der Waals surface area contributed by atoms with Crippen molar-refractivity contribution in [1.82, 2.24) is 4.31 Å². The van der Waals surface area contributed by atoms with Gasteiger partial charge in [0.15, 0.2) is 0 Å². The van der Waals surface area contributed by atoms with Gasteiger partial charge in [0.1, 0.15) is 0 Å². The Kier molecular flexibility index (Phi) is 4.30. The molecule has 2 unspecified atom stereocenters. The molecule has 0 N–H and O–H groups in total. The molecule has 0 amide bonds. The summed E-state index contributed by atoms with van der Waals surface area (Å²) < 4.78 is 64.6. The first-order valence-corrected chi connectivity index (χ1v) is 8.23. The van der Waals surface area contributed by atoms with E-state index in [2.05, 4.69) is 0 Å². The summed E-state index contributed by atoms with van der Waals surface area (Å²) in [5, 5.41) is -0.247. The highest BCUT2D eigenvalue weighted by molar-refractivity contribution is 7.89. The Morgan fingerprint density at radius 2 is 1.86 bits per heavy atom. The number of hydrogen-bond acceptors (Lipinski definition) is 2. The van der Waals surface area contributed by atoms with E-state index in [9.17, 15) is 21.6 Å². The maximum Gasteiger partial charge on any atom is 0.416 e. The number of hydrogen-bond donors (Lipinski definition) is 0. The summed E-state index contributed by atoms with van der Waals surface area (Å²) in [5.41, 5.74) is -1.06. The third-order valence-electron chi connectivity index (χ3n) is 3.53. The summed E-state index contributed by atoms with van der Waals surface area (Å²) >= 11 is 5.65. The predicted molar refractivity (Wildman–Crippen MR) is 73.6 cm³/mol. The van der Waals surface area contributed by atoms with Gasteiger partial charge in [-0.3, -0.25) is 0 Å². The van der Waals surface area contributed by atoms with Crippen LogP contribution in [0.1, 0.15) is 25.8 Å². The van der Waals surface area contributed by atoms with Crippen molar-refractivity contribution < 1.29 is 21.6 Å². The summed E-state index contributed by atoms with van der Waals surface area (Å²) in [4.78, 5) is -0.414. The molecule has 1 aliphatic rings. The Hall–Kier alpha value is -0.790. The van der Waals surface area contributed by atoms with Gasteiger partial charge < -0.3 is 0 Å². The van der Waals surface area contributed by atoms with Gasteiger partial charge in [-0.15, -0.1) is 0 Å². The van der Waals surface area contributed by atoms with E-state index in [1.165, 1.54) is 4.31 Å². The first-order chi connectivity index (χ1) is 9.51. The monoisotopic (exact) mass is 341 g/mol. The molecule has 118 valence electrons. The van der Waals surface area contributed by atoms with Crippen molar-refractivity contribution in [1.29, 1.82) is 0 Å². The molecule has 8 heteroatoms. The van der Waals surface area contributed by atoms with Crippen molar-refractivity contribution in [3.8, 4) is 0 Å². The summed E-state index contributed by atoms with van der Waals surface area (Å²) in [6.45, 7) is 3.96. The van der Waals surface area contributed by atoms with Crippen molar-refractivity contribution in [3.63, 3.8) is 0 Å². The molecule has 1 aromatic rings. The van der Waals surface area contributed by atoms with Gasteiger partial charge in [0.2, 0.25) is 10.0 Å². The number of rotatable bonds is 2. The van der Waals surface area contributed by atoms with Crippen molar-refractivity contribution in [2.45, 2.75) is 37.4 Å². The molecule has 0 aromatic heterocycles. The molecule has 0 saturated carbocycles. The van der Waals surface area contributed by atoms with Crippen LogP contribution in [0.15, 0.2) is 23.1 Å². The minimum absolute atomic E-state index is 0.177. The second-order valence-corrected chi connectivity index (χ2v) is 7.76. The second kappa shape index (κ2) is 5.44.